The monoisotopic (exact) mass is 346 g/mol. The van der Waals surface area contributed by atoms with Gasteiger partial charge in [-0.1, -0.05) is 24.3 Å². The van der Waals surface area contributed by atoms with Gasteiger partial charge in [0.1, 0.15) is 0 Å². The van der Waals surface area contributed by atoms with Crippen LogP contribution >= 0.6 is 11.8 Å². The van der Waals surface area contributed by atoms with Crippen LogP contribution in [0.5, 0.6) is 0 Å². The van der Waals surface area contributed by atoms with E-state index in [1.165, 1.54) is 16.9 Å². The van der Waals surface area contributed by atoms with Crippen LogP contribution in [-0.4, -0.2) is 42.3 Å². The Kier molecular flexibility index (Phi) is 4.72. The zero-order valence-corrected chi connectivity index (χ0v) is 14.9. The largest absolute Gasteiger partial charge is 0.374 e. The molecule has 0 aromatic heterocycles. The van der Waals surface area contributed by atoms with E-state index in [2.05, 4.69) is 34.9 Å². The Morgan fingerprint density at radius 2 is 2.25 bits per heavy atom. The lowest BCUT2D eigenvalue weighted by Crippen LogP contribution is -2.51. The molecular weight excluding hydrogens is 320 g/mol. The highest BCUT2D eigenvalue weighted by Gasteiger charge is 2.40. The van der Waals surface area contributed by atoms with Gasteiger partial charge >= 0.3 is 6.03 Å². The zero-order valence-electron chi connectivity index (χ0n) is 14.1. The highest BCUT2D eigenvalue weighted by molar-refractivity contribution is 7.99. The van der Waals surface area contributed by atoms with Crippen LogP contribution in [0.3, 0.4) is 0 Å². The molecule has 24 heavy (non-hydrogen) atoms. The summed E-state index contributed by atoms with van der Waals surface area (Å²) in [5.74, 6) is 2.71. The Balaban J connectivity index is 1.27. The number of benzene rings is 1. The van der Waals surface area contributed by atoms with Crippen molar-refractivity contribution < 1.29 is 9.53 Å². The number of hydrogen-bond acceptors (Lipinski definition) is 3. The van der Waals surface area contributed by atoms with E-state index in [1.807, 2.05) is 11.8 Å². The third-order valence-electron chi connectivity index (χ3n) is 5.66. The second kappa shape index (κ2) is 6.96. The van der Waals surface area contributed by atoms with Crippen LogP contribution < -0.4 is 10.6 Å². The van der Waals surface area contributed by atoms with Crippen LogP contribution in [0.2, 0.25) is 0 Å². The number of amides is 2. The van der Waals surface area contributed by atoms with Crippen LogP contribution in [0.1, 0.15) is 42.7 Å². The van der Waals surface area contributed by atoms with Crippen LogP contribution in [0, 0.1) is 0 Å². The Hall–Kier alpha value is -1.20. The number of fused-ring (bicyclic) bond motifs is 1. The fraction of sp³-hybridized carbons (Fsp3) is 0.632. The summed E-state index contributed by atoms with van der Waals surface area (Å²) in [6, 6.07) is 8.82. The molecule has 3 atom stereocenters. The molecule has 0 bridgehead atoms. The third kappa shape index (κ3) is 3.42. The lowest BCUT2D eigenvalue weighted by molar-refractivity contribution is -0.0684. The summed E-state index contributed by atoms with van der Waals surface area (Å²) in [4.78, 5) is 12.3. The van der Waals surface area contributed by atoms with E-state index in [1.54, 1.807) is 0 Å². The van der Waals surface area contributed by atoms with Gasteiger partial charge in [-0.2, -0.15) is 11.8 Å². The molecule has 2 aliphatic heterocycles. The predicted molar refractivity (Wildman–Crippen MR) is 97.7 cm³/mol. The molecule has 2 N–H and O–H groups in total. The molecule has 0 saturated carbocycles. The van der Waals surface area contributed by atoms with Gasteiger partial charge < -0.3 is 15.4 Å². The molecule has 130 valence electrons. The molecule has 2 saturated heterocycles. The van der Waals surface area contributed by atoms with Crippen LogP contribution in [0.25, 0.3) is 0 Å². The summed E-state index contributed by atoms with van der Waals surface area (Å²) < 4.78 is 6.03. The van der Waals surface area contributed by atoms with Crippen molar-refractivity contribution in [3.63, 3.8) is 0 Å². The van der Waals surface area contributed by atoms with E-state index in [9.17, 15) is 4.79 Å². The van der Waals surface area contributed by atoms with Gasteiger partial charge in [-0.25, -0.2) is 4.79 Å². The standard InChI is InChI=1S/C19H26N2O2S/c22-18(20-12-15-6-5-14-3-1-2-4-17(14)15)21-16-7-9-23-19(11-16)8-10-24-13-19/h1-4,15-16H,5-13H2,(H2,20,21,22)/t15-,16-,19-/m0/s1. The van der Waals surface area contributed by atoms with Crippen molar-refractivity contribution in [2.45, 2.75) is 49.7 Å². The molecule has 0 unspecified atom stereocenters. The molecule has 3 aliphatic rings. The molecule has 5 heteroatoms. The minimum absolute atomic E-state index is 0.0191. The maximum Gasteiger partial charge on any atom is 0.315 e. The maximum absolute atomic E-state index is 12.3. The number of urea groups is 1. The van der Waals surface area contributed by atoms with Gasteiger partial charge in [-0.05, 0) is 49.0 Å². The number of carbonyl (C=O) groups is 1. The molecule has 1 aromatic rings. The van der Waals surface area contributed by atoms with Gasteiger partial charge in [-0.15, -0.1) is 0 Å². The summed E-state index contributed by atoms with van der Waals surface area (Å²) in [5, 5.41) is 6.27. The number of ether oxygens (including phenoxy) is 1. The molecular formula is C19H26N2O2S. The van der Waals surface area contributed by atoms with Crippen molar-refractivity contribution in [3.8, 4) is 0 Å². The minimum Gasteiger partial charge on any atom is -0.374 e. The van der Waals surface area contributed by atoms with Crippen molar-refractivity contribution >= 4 is 17.8 Å². The lowest BCUT2D eigenvalue weighted by Gasteiger charge is -2.38. The van der Waals surface area contributed by atoms with E-state index in [0.717, 1.165) is 51.0 Å². The number of nitrogens with one attached hydrogen (secondary N) is 2. The Bertz CT molecular complexity index is 601. The quantitative estimate of drug-likeness (QED) is 0.884. The molecule has 2 heterocycles. The first-order chi connectivity index (χ1) is 11.7. The number of carbonyl (C=O) groups excluding carboxylic acids is 1. The van der Waals surface area contributed by atoms with Gasteiger partial charge in [0.2, 0.25) is 0 Å². The molecule has 2 amide bonds. The first-order valence-corrected chi connectivity index (χ1v) is 10.2. The Labute approximate surface area is 148 Å². The van der Waals surface area contributed by atoms with E-state index in [0.29, 0.717) is 5.92 Å². The average molecular weight is 346 g/mol. The lowest BCUT2D eigenvalue weighted by atomic mass is 9.90. The maximum atomic E-state index is 12.3. The SMILES string of the molecule is O=C(NC[C@@H]1CCc2ccccc21)N[C@H]1CCO[C@@]2(CCSC2)C1. The zero-order chi connectivity index (χ0) is 16.4. The third-order valence-corrected chi connectivity index (χ3v) is 6.88. The molecule has 4 rings (SSSR count). The van der Waals surface area contributed by atoms with Crippen molar-refractivity contribution in [1.82, 2.24) is 10.6 Å². The normalized spacial score (nSPS) is 31.8. The predicted octanol–water partition coefficient (Wildman–Crippen LogP) is 3.07. The molecule has 2 fully saturated rings. The number of aryl methyl sites for hydroxylation is 1. The number of thioether (sulfide) groups is 1. The van der Waals surface area contributed by atoms with E-state index in [4.69, 9.17) is 4.74 Å². The van der Waals surface area contributed by atoms with Gasteiger partial charge in [0, 0.05) is 30.9 Å². The molecule has 4 nitrogen and oxygen atoms in total. The summed E-state index contributed by atoms with van der Waals surface area (Å²) in [6.07, 6.45) is 5.27. The second-order valence-electron chi connectivity index (χ2n) is 7.31. The fourth-order valence-corrected chi connectivity index (χ4v) is 5.70. The van der Waals surface area contributed by atoms with E-state index in [-0.39, 0.29) is 17.7 Å². The minimum atomic E-state index is -0.0212. The molecule has 1 aromatic carbocycles. The summed E-state index contributed by atoms with van der Waals surface area (Å²) in [7, 11) is 0. The Morgan fingerprint density at radius 3 is 3.12 bits per heavy atom. The second-order valence-corrected chi connectivity index (χ2v) is 8.42. The van der Waals surface area contributed by atoms with Crippen LogP contribution in [-0.2, 0) is 11.2 Å². The van der Waals surface area contributed by atoms with Crippen molar-refractivity contribution in [2.75, 3.05) is 24.7 Å². The average Bonchev–Trinajstić information content (AvgIpc) is 3.20. The highest BCUT2D eigenvalue weighted by atomic mass is 32.2. The van der Waals surface area contributed by atoms with Gasteiger partial charge in [0.05, 0.1) is 5.60 Å². The van der Waals surface area contributed by atoms with Gasteiger partial charge in [0.15, 0.2) is 0 Å². The number of hydrogen-bond donors (Lipinski definition) is 2. The van der Waals surface area contributed by atoms with E-state index >= 15 is 0 Å². The summed E-state index contributed by atoms with van der Waals surface area (Å²) in [6.45, 7) is 1.49. The fourth-order valence-electron chi connectivity index (χ4n) is 4.32. The van der Waals surface area contributed by atoms with Crippen LogP contribution in [0.4, 0.5) is 4.79 Å². The van der Waals surface area contributed by atoms with Crippen molar-refractivity contribution in [1.29, 1.82) is 0 Å². The van der Waals surface area contributed by atoms with Crippen LogP contribution in [0.15, 0.2) is 24.3 Å². The summed E-state index contributed by atoms with van der Waals surface area (Å²) >= 11 is 1.97. The van der Waals surface area contributed by atoms with Crippen molar-refractivity contribution in [3.05, 3.63) is 35.4 Å². The smallest absolute Gasteiger partial charge is 0.315 e. The molecule has 0 radical (unpaired) electrons. The van der Waals surface area contributed by atoms with Gasteiger partial charge in [0.25, 0.3) is 0 Å². The first-order valence-electron chi connectivity index (χ1n) is 9.08. The topological polar surface area (TPSA) is 50.4 Å². The van der Waals surface area contributed by atoms with Crippen molar-refractivity contribution in [2.24, 2.45) is 0 Å². The first kappa shape index (κ1) is 16.3. The van der Waals surface area contributed by atoms with E-state index < -0.39 is 0 Å². The van der Waals surface area contributed by atoms with Gasteiger partial charge in [-0.3, -0.25) is 0 Å². The summed E-state index contributed by atoms with van der Waals surface area (Å²) in [5.41, 5.74) is 2.87. The highest BCUT2D eigenvalue weighted by Crippen LogP contribution is 2.38. The number of rotatable bonds is 3. The Morgan fingerprint density at radius 1 is 1.33 bits per heavy atom. The molecule has 1 spiro atoms. The molecule has 1 aliphatic carbocycles.